The number of esters is 1. The second-order valence-electron chi connectivity index (χ2n) is 6.25. The average Bonchev–Trinajstić information content (AvgIpc) is 3.33. The lowest BCUT2D eigenvalue weighted by Crippen LogP contribution is -2.36. The van der Waals surface area contributed by atoms with Crippen LogP contribution in [-0.2, 0) is 9.53 Å². The van der Waals surface area contributed by atoms with Crippen LogP contribution in [0.4, 0.5) is 5.69 Å². The van der Waals surface area contributed by atoms with Gasteiger partial charge in [0.25, 0.3) is 11.8 Å². The lowest BCUT2D eigenvalue weighted by molar-refractivity contribution is -0.124. The van der Waals surface area contributed by atoms with E-state index < -0.39 is 5.97 Å². The van der Waals surface area contributed by atoms with Crippen molar-refractivity contribution in [1.29, 1.82) is 0 Å². The standard InChI is InChI=1S/C19H19ClN2O4S/c20-12-7-8-14(15(10-12)22-18(24)16-6-3-9-27-16)19(25)26-11-17(23)21-13-4-1-2-5-13/h3,6-10,13H,1-2,4-5,11H2,(H,21,23)(H,22,24). The molecule has 0 bridgehead atoms. The van der Waals surface area contributed by atoms with Crippen LogP contribution in [0.3, 0.4) is 0 Å². The van der Waals surface area contributed by atoms with Gasteiger partial charge in [-0.1, -0.05) is 30.5 Å². The highest BCUT2D eigenvalue weighted by atomic mass is 35.5. The van der Waals surface area contributed by atoms with Crippen LogP contribution < -0.4 is 10.6 Å². The molecule has 3 rings (SSSR count). The largest absolute Gasteiger partial charge is 0.452 e. The van der Waals surface area contributed by atoms with Gasteiger partial charge in [0, 0.05) is 11.1 Å². The van der Waals surface area contributed by atoms with Crippen molar-refractivity contribution in [3.05, 3.63) is 51.2 Å². The molecule has 0 radical (unpaired) electrons. The Hall–Kier alpha value is -2.38. The average molecular weight is 407 g/mol. The zero-order chi connectivity index (χ0) is 19.2. The number of thiophene rings is 1. The molecule has 2 aromatic rings. The molecule has 8 heteroatoms. The molecule has 27 heavy (non-hydrogen) atoms. The summed E-state index contributed by atoms with van der Waals surface area (Å²) >= 11 is 7.27. The minimum Gasteiger partial charge on any atom is -0.452 e. The SMILES string of the molecule is O=C(COC(=O)c1ccc(Cl)cc1NC(=O)c1cccs1)NC1CCCC1. The Morgan fingerprint density at radius 3 is 2.67 bits per heavy atom. The number of hydrogen-bond acceptors (Lipinski definition) is 5. The van der Waals surface area contributed by atoms with Gasteiger partial charge in [-0.2, -0.15) is 0 Å². The van der Waals surface area contributed by atoms with E-state index in [2.05, 4.69) is 10.6 Å². The van der Waals surface area contributed by atoms with Gasteiger partial charge >= 0.3 is 5.97 Å². The summed E-state index contributed by atoms with van der Waals surface area (Å²) in [5.74, 6) is -1.37. The summed E-state index contributed by atoms with van der Waals surface area (Å²) in [6.07, 6.45) is 4.11. The summed E-state index contributed by atoms with van der Waals surface area (Å²) in [5, 5.41) is 7.67. The molecule has 1 aliphatic carbocycles. The van der Waals surface area contributed by atoms with E-state index >= 15 is 0 Å². The molecule has 1 aromatic heterocycles. The van der Waals surface area contributed by atoms with E-state index in [1.165, 1.54) is 29.5 Å². The van der Waals surface area contributed by atoms with E-state index in [0.717, 1.165) is 25.7 Å². The van der Waals surface area contributed by atoms with Crippen molar-refractivity contribution < 1.29 is 19.1 Å². The fraction of sp³-hybridized carbons (Fsp3) is 0.316. The molecular weight excluding hydrogens is 388 g/mol. The van der Waals surface area contributed by atoms with Gasteiger partial charge < -0.3 is 15.4 Å². The number of anilines is 1. The molecule has 0 saturated heterocycles. The van der Waals surface area contributed by atoms with Gasteiger partial charge in [0.2, 0.25) is 0 Å². The van der Waals surface area contributed by atoms with Gasteiger partial charge in [-0.25, -0.2) is 4.79 Å². The number of halogens is 1. The number of carbonyl (C=O) groups is 3. The number of amides is 2. The number of ether oxygens (including phenoxy) is 1. The van der Waals surface area contributed by atoms with E-state index in [1.54, 1.807) is 17.5 Å². The quantitative estimate of drug-likeness (QED) is 0.713. The molecule has 0 atom stereocenters. The number of carbonyl (C=O) groups excluding carboxylic acids is 3. The van der Waals surface area contributed by atoms with Crippen LogP contribution in [0.1, 0.15) is 45.7 Å². The zero-order valence-corrected chi connectivity index (χ0v) is 16.1. The number of rotatable bonds is 6. The molecule has 0 spiro atoms. The summed E-state index contributed by atoms with van der Waals surface area (Å²) < 4.78 is 5.11. The van der Waals surface area contributed by atoms with Crippen LogP contribution >= 0.6 is 22.9 Å². The van der Waals surface area contributed by atoms with Crippen molar-refractivity contribution in [3.63, 3.8) is 0 Å². The van der Waals surface area contributed by atoms with Gasteiger partial charge in [-0.05, 0) is 42.5 Å². The molecule has 142 valence electrons. The third kappa shape index (κ3) is 5.30. The maximum Gasteiger partial charge on any atom is 0.340 e. The Morgan fingerprint density at radius 1 is 1.19 bits per heavy atom. The molecule has 2 amide bonds. The van der Waals surface area contributed by atoms with E-state index in [0.29, 0.717) is 9.90 Å². The Bertz CT molecular complexity index is 832. The lowest BCUT2D eigenvalue weighted by Gasteiger charge is -2.13. The molecule has 0 aliphatic heterocycles. The maximum atomic E-state index is 12.4. The first kappa shape index (κ1) is 19.4. The van der Waals surface area contributed by atoms with Crippen LogP contribution in [0.5, 0.6) is 0 Å². The highest BCUT2D eigenvalue weighted by Crippen LogP contribution is 2.23. The molecule has 1 saturated carbocycles. The normalized spacial score (nSPS) is 14.0. The molecule has 1 aliphatic rings. The fourth-order valence-electron chi connectivity index (χ4n) is 2.94. The molecule has 1 heterocycles. The van der Waals surface area contributed by atoms with Crippen LogP contribution in [0.25, 0.3) is 0 Å². The number of benzene rings is 1. The Morgan fingerprint density at radius 2 is 1.96 bits per heavy atom. The first-order valence-electron chi connectivity index (χ1n) is 8.64. The summed E-state index contributed by atoms with van der Waals surface area (Å²) in [4.78, 5) is 37.1. The maximum absolute atomic E-state index is 12.4. The Balaban J connectivity index is 1.63. The van der Waals surface area contributed by atoms with E-state index in [1.807, 2.05) is 0 Å². The summed E-state index contributed by atoms with van der Waals surface area (Å²) in [7, 11) is 0. The second kappa shape index (κ2) is 9.01. The van der Waals surface area contributed by atoms with Gasteiger partial charge in [-0.15, -0.1) is 11.3 Å². The zero-order valence-electron chi connectivity index (χ0n) is 14.5. The molecule has 6 nitrogen and oxygen atoms in total. The molecule has 0 unspecified atom stereocenters. The predicted molar refractivity (Wildman–Crippen MR) is 104 cm³/mol. The Labute approximate surface area is 165 Å². The van der Waals surface area contributed by atoms with Crippen LogP contribution in [0.2, 0.25) is 5.02 Å². The van der Waals surface area contributed by atoms with Crippen molar-refractivity contribution in [2.45, 2.75) is 31.7 Å². The van der Waals surface area contributed by atoms with Crippen LogP contribution in [-0.4, -0.2) is 30.4 Å². The highest BCUT2D eigenvalue weighted by molar-refractivity contribution is 7.12. The van der Waals surface area contributed by atoms with Gasteiger partial charge in [0.15, 0.2) is 6.61 Å². The monoisotopic (exact) mass is 406 g/mol. The minimum atomic E-state index is -0.699. The fourth-order valence-corrected chi connectivity index (χ4v) is 3.73. The summed E-state index contributed by atoms with van der Waals surface area (Å²) in [6, 6.07) is 8.06. The molecule has 1 aromatic carbocycles. The van der Waals surface area contributed by atoms with Crippen molar-refractivity contribution in [3.8, 4) is 0 Å². The van der Waals surface area contributed by atoms with Gasteiger partial charge in [0.1, 0.15) is 0 Å². The molecular formula is C19H19ClN2O4S. The number of nitrogens with one attached hydrogen (secondary N) is 2. The van der Waals surface area contributed by atoms with Crippen molar-refractivity contribution in [2.75, 3.05) is 11.9 Å². The van der Waals surface area contributed by atoms with Gasteiger partial charge in [-0.3, -0.25) is 9.59 Å². The highest BCUT2D eigenvalue weighted by Gasteiger charge is 2.20. The molecule has 1 fully saturated rings. The second-order valence-corrected chi connectivity index (χ2v) is 7.63. The first-order valence-corrected chi connectivity index (χ1v) is 9.89. The van der Waals surface area contributed by atoms with Crippen molar-refractivity contribution in [1.82, 2.24) is 5.32 Å². The van der Waals surface area contributed by atoms with Crippen molar-refractivity contribution in [2.24, 2.45) is 0 Å². The van der Waals surface area contributed by atoms with Crippen molar-refractivity contribution >= 4 is 46.4 Å². The summed E-state index contributed by atoms with van der Waals surface area (Å²) in [5.41, 5.74) is 0.375. The Kier molecular flexibility index (Phi) is 6.47. The predicted octanol–water partition coefficient (Wildman–Crippen LogP) is 3.87. The van der Waals surface area contributed by atoms with E-state index in [4.69, 9.17) is 16.3 Å². The minimum absolute atomic E-state index is 0.137. The van der Waals surface area contributed by atoms with E-state index in [-0.39, 0.29) is 35.7 Å². The third-order valence-electron chi connectivity index (χ3n) is 4.25. The third-order valence-corrected chi connectivity index (χ3v) is 5.35. The first-order chi connectivity index (χ1) is 13.0. The number of hydrogen-bond donors (Lipinski definition) is 2. The van der Waals surface area contributed by atoms with Gasteiger partial charge in [0.05, 0.1) is 16.1 Å². The van der Waals surface area contributed by atoms with Crippen LogP contribution in [0.15, 0.2) is 35.7 Å². The van der Waals surface area contributed by atoms with E-state index in [9.17, 15) is 14.4 Å². The topological polar surface area (TPSA) is 84.5 Å². The molecule has 2 N–H and O–H groups in total. The van der Waals surface area contributed by atoms with Crippen LogP contribution in [0, 0.1) is 0 Å². The summed E-state index contributed by atoms with van der Waals surface area (Å²) in [6.45, 7) is -0.365. The smallest absolute Gasteiger partial charge is 0.340 e. The lowest BCUT2D eigenvalue weighted by atomic mass is 10.1.